The van der Waals surface area contributed by atoms with E-state index in [0.717, 1.165) is 24.2 Å². The van der Waals surface area contributed by atoms with E-state index in [1.54, 1.807) is 54.4 Å². The van der Waals surface area contributed by atoms with Gasteiger partial charge < -0.3 is 34.4 Å². The topological polar surface area (TPSA) is 118 Å². The molecule has 3 amide bonds. The first-order valence-electron chi connectivity index (χ1n) is 18.8. The van der Waals surface area contributed by atoms with E-state index in [1.165, 1.54) is 5.19 Å². The lowest BCUT2D eigenvalue weighted by Crippen LogP contribution is -2.52. The molecule has 0 unspecified atom stereocenters. The molecule has 12 heteroatoms. The largest absolute Gasteiger partial charge is 0.497 e. The highest BCUT2D eigenvalue weighted by Crippen LogP contribution is 2.60. The average molecular weight is 782 g/mol. The van der Waals surface area contributed by atoms with Crippen molar-refractivity contribution in [3.63, 3.8) is 0 Å². The number of likely N-dealkylation sites (tertiary alicyclic amines) is 1. The zero-order valence-electron chi connectivity index (χ0n) is 31.9. The summed E-state index contributed by atoms with van der Waals surface area (Å²) in [5.41, 5.74) is 1.74. The third-order valence-corrected chi connectivity index (χ3v) is 16.6. The van der Waals surface area contributed by atoms with Crippen molar-refractivity contribution in [2.24, 2.45) is 5.92 Å². The van der Waals surface area contributed by atoms with Crippen LogP contribution >= 0.6 is 11.6 Å². The van der Waals surface area contributed by atoms with Crippen LogP contribution in [0.4, 0.5) is 11.4 Å². The van der Waals surface area contributed by atoms with Crippen molar-refractivity contribution in [1.29, 1.82) is 0 Å². The second-order valence-electron chi connectivity index (χ2n) is 15.4. The first kappa shape index (κ1) is 38.6. The summed E-state index contributed by atoms with van der Waals surface area (Å²) in [6.07, 6.45) is 1.12. The number of fused-ring (bicyclic) bond motifs is 2. The molecule has 3 aliphatic rings. The van der Waals surface area contributed by atoms with Crippen LogP contribution in [-0.2, 0) is 26.5 Å². The molecule has 0 aliphatic carbocycles. The lowest BCUT2D eigenvalue weighted by molar-refractivity contribution is -0.150. The molecule has 3 heterocycles. The van der Waals surface area contributed by atoms with Crippen LogP contribution < -0.4 is 24.9 Å². The summed E-state index contributed by atoms with van der Waals surface area (Å²) in [5, 5.41) is 14.7. The van der Waals surface area contributed by atoms with Crippen LogP contribution in [0.3, 0.4) is 0 Å². The SMILES string of the molecule is COc1ccc(C(=O)Nc2cccc(CN3C(=O)[C@@]4(O[C@@H](CC(=O)N5CCC[C@H]5CO)[C@H]([Si](C)(C)c5ccc(OC)cc5)[C@H]4C)c4cc(Cl)ccc43)c2)cc1. The van der Waals surface area contributed by atoms with Gasteiger partial charge in [-0.2, -0.15) is 0 Å². The molecule has 10 nitrogen and oxygen atoms in total. The molecular weight excluding hydrogens is 734 g/mol. The number of halogens is 1. The number of hydrogen-bond donors (Lipinski definition) is 2. The van der Waals surface area contributed by atoms with Gasteiger partial charge in [-0.1, -0.05) is 61.1 Å². The predicted octanol–water partition coefficient (Wildman–Crippen LogP) is 6.75. The standard InChI is InChI=1S/C43H48ClN3O7Si/c1-27-40(55(4,5)35-18-16-34(53-3)17-19-35)38(24-39(49)46-21-7-10-32(46)26-48)54-43(27)36-23-30(44)13-20-37(36)47(42(43)51)25-28-8-6-9-31(22-28)45-41(50)29-11-14-33(52-2)15-12-29/h6,8-9,11-20,22-23,27,32,38,40,48H,7,10,21,24-26H2,1-5H3,(H,45,50)/t27-,32+,38+,40-,43+/m1/s1. The molecule has 4 aromatic rings. The number of nitrogens with one attached hydrogen (secondary N) is 1. The number of benzene rings is 4. The Hall–Kier alpha value is -4.68. The fraction of sp³-hybridized carbons (Fsp3) is 0.372. The molecule has 1 spiro atoms. The van der Waals surface area contributed by atoms with Gasteiger partial charge in [0.25, 0.3) is 11.8 Å². The van der Waals surface area contributed by atoms with Crippen molar-refractivity contribution in [3.05, 3.63) is 113 Å². The first-order valence-corrected chi connectivity index (χ1v) is 22.3. The molecule has 2 fully saturated rings. The molecule has 2 N–H and O–H groups in total. The van der Waals surface area contributed by atoms with Crippen LogP contribution in [0.5, 0.6) is 11.5 Å². The lowest BCUT2D eigenvalue weighted by atomic mass is 9.82. The van der Waals surface area contributed by atoms with Gasteiger partial charge in [0.05, 0.1) is 59.7 Å². The van der Waals surface area contributed by atoms with Crippen LogP contribution in [0.15, 0.2) is 91.0 Å². The summed E-state index contributed by atoms with van der Waals surface area (Å²) in [7, 11) is 0.715. The van der Waals surface area contributed by atoms with Crippen molar-refractivity contribution in [1.82, 2.24) is 4.90 Å². The van der Waals surface area contributed by atoms with Crippen molar-refractivity contribution in [2.45, 2.75) is 69.1 Å². The molecule has 0 saturated carbocycles. The van der Waals surface area contributed by atoms with E-state index < -0.39 is 19.8 Å². The summed E-state index contributed by atoms with van der Waals surface area (Å²) >= 11 is 6.69. The first-order chi connectivity index (χ1) is 26.4. The Morgan fingerprint density at radius 2 is 1.67 bits per heavy atom. The molecule has 5 atom stereocenters. The minimum Gasteiger partial charge on any atom is -0.497 e. The van der Waals surface area contributed by atoms with Gasteiger partial charge in [0.2, 0.25) is 5.91 Å². The highest BCUT2D eigenvalue weighted by molar-refractivity contribution is 6.91. The summed E-state index contributed by atoms with van der Waals surface area (Å²) < 4.78 is 17.9. The highest BCUT2D eigenvalue weighted by atomic mass is 35.5. The van der Waals surface area contributed by atoms with E-state index in [-0.39, 0.29) is 54.8 Å². The Morgan fingerprint density at radius 3 is 2.35 bits per heavy atom. The Balaban J connectivity index is 1.23. The maximum absolute atomic E-state index is 15.2. The Bertz CT molecular complexity index is 2080. The summed E-state index contributed by atoms with van der Waals surface area (Å²) in [5.74, 6) is 0.540. The van der Waals surface area contributed by atoms with Gasteiger partial charge >= 0.3 is 0 Å². The zero-order valence-corrected chi connectivity index (χ0v) is 33.6. The Morgan fingerprint density at radius 1 is 0.982 bits per heavy atom. The van der Waals surface area contributed by atoms with Crippen LogP contribution in [0.25, 0.3) is 0 Å². The third-order valence-electron chi connectivity index (χ3n) is 12.0. The molecule has 4 aromatic carbocycles. The minimum atomic E-state index is -2.50. The molecule has 288 valence electrons. The molecule has 7 rings (SSSR count). The second-order valence-corrected chi connectivity index (χ2v) is 20.5. The molecule has 3 aliphatic heterocycles. The fourth-order valence-electron chi connectivity index (χ4n) is 9.16. The molecule has 55 heavy (non-hydrogen) atoms. The van der Waals surface area contributed by atoms with Gasteiger partial charge in [0, 0.05) is 34.3 Å². The number of ether oxygens (including phenoxy) is 3. The van der Waals surface area contributed by atoms with Gasteiger partial charge in [0.15, 0.2) is 5.60 Å². The van der Waals surface area contributed by atoms with E-state index in [9.17, 15) is 14.7 Å². The predicted molar refractivity (Wildman–Crippen MR) is 216 cm³/mol. The van der Waals surface area contributed by atoms with Crippen LogP contribution in [0, 0.1) is 5.92 Å². The number of aliphatic hydroxyl groups is 1. The van der Waals surface area contributed by atoms with Gasteiger partial charge in [-0.15, -0.1) is 0 Å². The maximum Gasteiger partial charge on any atom is 0.264 e. The lowest BCUT2D eigenvalue weighted by Gasteiger charge is -2.37. The number of carbonyl (C=O) groups excluding carboxylic acids is 3. The summed E-state index contributed by atoms with van der Waals surface area (Å²) in [6, 6.07) is 27.7. The van der Waals surface area contributed by atoms with E-state index in [1.807, 2.05) is 48.5 Å². The van der Waals surface area contributed by atoms with Gasteiger partial charge in [0.1, 0.15) is 11.5 Å². The molecule has 2 saturated heterocycles. The van der Waals surface area contributed by atoms with Crippen molar-refractivity contribution >= 4 is 54.0 Å². The van der Waals surface area contributed by atoms with Crippen LogP contribution in [0.1, 0.15) is 47.7 Å². The number of nitrogens with zero attached hydrogens (tertiary/aromatic N) is 2. The van der Waals surface area contributed by atoms with E-state index >= 15 is 4.79 Å². The molecule has 0 radical (unpaired) electrons. The van der Waals surface area contributed by atoms with Crippen LogP contribution in [-0.4, -0.2) is 75.3 Å². The van der Waals surface area contributed by atoms with Crippen molar-refractivity contribution in [3.8, 4) is 11.5 Å². The number of hydrogen-bond acceptors (Lipinski definition) is 7. The molecule has 0 bridgehead atoms. The number of carbonyl (C=O) groups is 3. The van der Waals surface area contributed by atoms with E-state index in [2.05, 4.69) is 37.5 Å². The van der Waals surface area contributed by atoms with E-state index in [4.69, 9.17) is 25.8 Å². The van der Waals surface area contributed by atoms with Gasteiger partial charge in [-0.05, 0) is 90.7 Å². The monoisotopic (exact) mass is 781 g/mol. The second kappa shape index (κ2) is 15.5. The van der Waals surface area contributed by atoms with Crippen molar-refractivity contribution in [2.75, 3.05) is 37.6 Å². The molecular formula is C43H48ClN3O7Si. The summed E-state index contributed by atoms with van der Waals surface area (Å²) in [6.45, 7) is 7.37. The number of anilines is 2. The highest BCUT2D eigenvalue weighted by Gasteiger charge is 2.66. The van der Waals surface area contributed by atoms with Gasteiger partial charge in [-0.3, -0.25) is 14.4 Å². The molecule has 0 aromatic heterocycles. The number of methoxy groups -OCH3 is 2. The van der Waals surface area contributed by atoms with E-state index in [0.29, 0.717) is 39.8 Å². The van der Waals surface area contributed by atoms with Crippen LogP contribution in [0.2, 0.25) is 23.7 Å². The Kier molecular flexibility index (Phi) is 10.8. The maximum atomic E-state index is 15.2. The average Bonchev–Trinajstić information content (AvgIpc) is 3.85. The van der Waals surface area contributed by atoms with Gasteiger partial charge in [-0.25, -0.2) is 0 Å². The minimum absolute atomic E-state index is 0.0718. The smallest absolute Gasteiger partial charge is 0.264 e. The Labute approximate surface area is 328 Å². The normalized spacial score (nSPS) is 23.3. The quantitative estimate of drug-likeness (QED) is 0.162. The summed E-state index contributed by atoms with van der Waals surface area (Å²) in [4.78, 5) is 45.9. The van der Waals surface area contributed by atoms with Crippen molar-refractivity contribution < 1.29 is 33.7 Å². The fourth-order valence-corrected chi connectivity index (χ4v) is 13.3. The number of aliphatic hydroxyl groups excluding tert-OH is 1. The third kappa shape index (κ3) is 7.03. The zero-order chi connectivity index (χ0) is 39.1. The number of rotatable bonds is 11. The number of amides is 3.